The molecule has 0 spiro atoms. The summed E-state index contributed by atoms with van der Waals surface area (Å²) in [4.78, 5) is 28.5. The highest BCUT2D eigenvalue weighted by molar-refractivity contribution is 7.97. The van der Waals surface area contributed by atoms with Crippen LogP contribution in [-0.2, 0) is 0 Å². The summed E-state index contributed by atoms with van der Waals surface area (Å²) in [5.74, 6) is -0.285. The van der Waals surface area contributed by atoms with Crippen LogP contribution in [0.1, 0.15) is 32.1 Å². The average Bonchev–Trinajstić information content (AvgIpc) is 2.56. The molecule has 0 radical (unpaired) electrons. The molecule has 0 aliphatic carbocycles. The second-order valence-electron chi connectivity index (χ2n) is 5.58. The molecule has 1 amide bonds. The molecule has 1 aromatic heterocycles. The minimum atomic E-state index is -0.484. The molecule has 2 aromatic carbocycles. The van der Waals surface area contributed by atoms with E-state index >= 15 is 0 Å². The number of pyridine rings is 1. The number of carbonyl (C=O) groups excluding carboxylic acids is 2. The van der Waals surface area contributed by atoms with Crippen LogP contribution in [0.15, 0.2) is 48.5 Å². The molecule has 0 saturated heterocycles. The molecule has 24 heavy (non-hydrogen) atoms. The highest BCUT2D eigenvalue weighted by Crippen LogP contribution is 2.24. The number of rotatable bonds is 3. The van der Waals surface area contributed by atoms with E-state index in [2.05, 4.69) is 22.9 Å². The van der Waals surface area contributed by atoms with E-state index in [9.17, 15) is 9.59 Å². The van der Waals surface area contributed by atoms with Gasteiger partial charge in [0.1, 0.15) is 5.69 Å². The third-order valence-electron chi connectivity index (χ3n) is 3.87. The van der Waals surface area contributed by atoms with Crippen LogP contribution in [0.25, 0.3) is 10.8 Å². The van der Waals surface area contributed by atoms with E-state index in [0.717, 1.165) is 16.3 Å². The van der Waals surface area contributed by atoms with E-state index in [-0.39, 0.29) is 11.6 Å². The van der Waals surface area contributed by atoms with Crippen molar-refractivity contribution in [2.75, 3.05) is 5.32 Å². The van der Waals surface area contributed by atoms with Crippen molar-refractivity contribution < 1.29 is 9.59 Å². The topological polar surface area (TPSA) is 59.1 Å². The number of anilines is 1. The van der Waals surface area contributed by atoms with Crippen LogP contribution in [-0.4, -0.2) is 16.0 Å². The van der Waals surface area contributed by atoms with Crippen molar-refractivity contribution in [1.82, 2.24) is 4.98 Å². The fourth-order valence-corrected chi connectivity index (χ4v) is 2.83. The van der Waals surface area contributed by atoms with E-state index in [1.807, 2.05) is 37.3 Å². The zero-order valence-corrected chi connectivity index (χ0v) is 14.2. The Morgan fingerprint density at radius 3 is 2.38 bits per heavy atom. The number of nitrogens with zero attached hydrogens (tertiary/aromatic N) is 1. The molecule has 0 atom stereocenters. The normalized spacial score (nSPS) is 10.6. The number of thiol groups is 1. The molecule has 1 N–H and O–H groups in total. The van der Waals surface area contributed by atoms with Gasteiger partial charge in [-0.1, -0.05) is 43.0 Å². The predicted octanol–water partition coefficient (Wildman–Crippen LogP) is 4.17. The molecule has 0 aliphatic rings. The van der Waals surface area contributed by atoms with Crippen LogP contribution in [0.5, 0.6) is 0 Å². The summed E-state index contributed by atoms with van der Waals surface area (Å²) >= 11 is 3.83. The summed E-state index contributed by atoms with van der Waals surface area (Å²) < 4.78 is 0. The van der Waals surface area contributed by atoms with Gasteiger partial charge >= 0.3 is 0 Å². The van der Waals surface area contributed by atoms with Crippen LogP contribution in [0.4, 0.5) is 5.69 Å². The van der Waals surface area contributed by atoms with E-state index < -0.39 is 5.12 Å². The van der Waals surface area contributed by atoms with Crippen LogP contribution >= 0.6 is 12.6 Å². The lowest BCUT2D eigenvalue weighted by atomic mass is 10.00. The Balaban J connectivity index is 2.03. The Morgan fingerprint density at radius 1 is 0.958 bits per heavy atom. The van der Waals surface area contributed by atoms with Crippen molar-refractivity contribution in [2.24, 2.45) is 0 Å². The number of hydrogen-bond acceptors (Lipinski definition) is 3. The second-order valence-corrected chi connectivity index (χ2v) is 5.99. The first-order valence-electron chi connectivity index (χ1n) is 7.48. The van der Waals surface area contributed by atoms with Crippen LogP contribution in [0, 0.1) is 13.8 Å². The largest absolute Gasteiger partial charge is 0.320 e. The molecular weight excluding hydrogens is 320 g/mol. The Morgan fingerprint density at radius 2 is 1.67 bits per heavy atom. The fraction of sp³-hybridized carbons (Fsp3) is 0.105. The first-order chi connectivity index (χ1) is 11.5. The molecule has 0 aliphatic heterocycles. The molecule has 0 bridgehead atoms. The number of fused-ring (bicyclic) bond motifs is 1. The highest BCUT2D eigenvalue weighted by atomic mass is 32.1. The van der Waals surface area contributed by atoms with Gasteiger partial charge in [0.15, 0.2) is 0 Å². The predicted molar refractivity (Wildman–Crippen MR) is 98.9 cm³/mol. The molecule has 0 fully saturated rings. The number of nitrogens with one attached hydrogen (secondary N) is 1. The summed E-state index contributed by atoms with van der Waals surface area (Å²) in [6, 6.07) is 14.8. The summed E-state index contributed by atoms with van der Waals surface area (Å²) in [5.41, 5.74) is 2.84. The van der Waals surface area contributed by atoms with Crippen LogP contribution in [0.3, 0.4) is 0 Å². The molecule has 1 heterocycles. The standard InChI is InChI=1S/C19H16N2O2S/c1-11-7-9-15(14-6-4-3-5-13(11)14)18(22)21-16-10-8-12(2)20-17(16)19(23)24/h3-10H,1-2H3,(H,21,22)(H,23,24). The van der Waals surface area contributed by atoms with Crippen molar-refractivity contribution in [3.8, 4) is 0 Å². The molecule has 3 aromatic rings. The maximum Gasteiger partial charge on any atom is 0.256 e. The van der Waals surface area contributed by atoms with Gasteiger partial charge in [0, 0.05) is 11.3 Å². The molecule has 4 nitrogen and oxygen atoms in total. The SMILES string of the molecule is Cc1ccc(NC(=O)c2ccc(C)c3ccccc23)c(C(=O)S)n1. The van der Waals surface area contributed by atoms with Gasteiger partial charge in [-0.25, -0.2) is 4.98 Å². The summed E-state index contributed by atoms with van der Waals surface area (Å²) in [6.45, 7) is 3.78. The van der Waals surface area contributed by atoms with Gasteiger partial charge in [-0.15, -0.1) is 0 Å². The lowest BCUT2D eigenvalue weighted by molar-refractivity contribution is 0.102. The number of carbonyl (C=O) groups is 2. The van der Waals surface area contributed by atoms with E-state index in [1.54, 1.807) is 25.1 Å². The Bertz CT molecular complexity index is 967. The molecule has 0 unspecified atom stereocenters. The minimum absolute atomic E-state index is 0.142. The van der Waals surface area contributed by atoms with Gasteiger partial charge in [0.05, 0.1) is 5.69 Å². The number of aromatic nitrogens is 1. The zero-order valence-electron chi connectivity index (χ0n) is 13.3. The quantitative estimate of drug-likeness (QED) is 0.706. The molecule has 0 saturated carbocycles. The Labute approximate surface area is 145 Å². The minimum Gasteiger partial charge on any atom is -0.320 e. The maximum absolute atomic E-state index is 12.7. The van der Waals surface area contributed by atoms with Gasteiger partial charge < -0.3 is 5.32 Å². The second kappa shape index (κ2) is 6.45. The average molecular weight is 336 g/mol. The summed E-state index contributed by atoms with van der Waals surface area (Å²) in [7, 11) is 0. The molecule has 5 heteroatoms. The Kier molecular flexibility index (Phi) is 4.36. The van der Waals surface area contributed by atoms with E-state index in [1.165, 1.54) is 0 Å². The highest BCUT2D eigenvalue weighted by Gasteiger charge is 2.16. The number of hydrogen-bond donors (Lipinski definition) is 2. The zero-order chi connectivity index (χ0) is 17.3. The molecule has 3 rings (SSSR count). The lowest BCUT2D eigenvalue weighted by Gasteiger charge is -2.11. The van der Waals surface area contributed by atoms with Gasteiger partial charge in [-0.05, 0) is 48.4 Å². The maximum atomic E-state index is 12.7. The van der Waals surface area contributed by atoms with Crippen molar-refractivity contribution in [1.29, 1.82) is 0 Å². The third-order valence-corrected chi connectivity index (χ3v) is 4.08. The van der Waals surface area contributed by atoms with Crippen molar-refractivity contribution >= 4 is 40.1 Å². The molecule has 120 valence electrons. The molecular formula is C19H16N2O2S. The number of amides is 1. The smallest absolute Gasteiger partial charge is 0.256 e. The van der Waals surface area contributed by atoms with Crippen LogP contribution in [0.2, 0.25) is 0 Å². The summed E-state index contributed by atoms with van der Waals surface area (Å²) in [6.07, 6.45) is 0. The number of benzene rings is 2. The van der Waals surface area contributed by atoms with E-state index in [0.29, 0.717) is 16.9 Å². The van der Waals surface area contributed by atoms with Crippen molar-refractivity contribution in [2.45, 2.75) is 13.8 Å². The summed E-state index contributed by atoms with van der Waals surface area (Å²) in [5, 5.41) is 4.19. The first kappa shape index (κ1) is 16.2. The van der Waals surface area contributed by atoms with Crippen molar-refractivity contribution in [3.05, 3.63) is 71.0 Å². The van der Waals surface area contributed by atoms with E-state index in [4.69, 9.17) is 0 Å². The fourth-order valence-electron chi connectivity index (χ4n) is 2.66. The van der Waals surface area contributed by atoms with Crippen LogP contribution < -0.4 is 5.32 Å². The first-order valence-corrected chi connectivity index (χ1v) is 7.92. The van der Waals surface area contributed by atoms with Crippen molar-refractivity contribution in [3.63, 3.8) is 0 Å². The monoisotopic (exact) mass is 336 g/mol. The number of aryl methyl sites for hydroxylation is 2. The third kappa shape index (κ3) is 3.03. The Hall–Kier alpha value is -2.66. The lowest BCUT2D eigenvalue weighted by Crippen LogP contribution is -2.15. The van der Waals surface area contributed by atoms with Gasteiger partial charge in [0.25, 0.3) is 5.91 Å². The van der Waals surface area contributed by atoms with Gasteiger partial charge in [-0.3, -0.25) is 9.59 Å². The van der Waals surface area contributed by atoms with Gasteiger partial charge in [0.2, 0.25) is 5.12 Å². The van der Waals surface area contributed by atoms with Gasteiger partial charge in [-0.2, -0.15) is 0 Å².